The number of likely N-dealkylation sites (tertiary alicyclic amines) is 1. The summed E-state index contributed by atoms with van der Waals surface area (Å²) in [6, 6.07) is 1.67. The predicted octanol–water partition coefficient (Wildman–Crippen LogP) is 2.98. The van der Waals surface area contributed by atoms with Gasteiger partial charge < -0.3 is 10.0 Å². The van der Waals surface area contributed by atoms with Gasteiger partial charge in [0.1, 0.15) is 4.88 Å². The number of hydrogen-bond acceptors (Lipinski definition) is 3. The van der Waals surface area contributed by atoms with E-state index in [1.165, 1.54) is 11.3 Å². The fraction of sp³-hybridized carbons (Fsp3) is 0.500. The quantitative estimate of drug-likeness (QED) is 0.926. The number of hydrogen-bond donors (Lipinski definition) is 1. The Hall–Kier alpha value is -0.880. The van der Waals surface area contributed by atoms with Crippen LogP contribution in [0.25, 0.3) is 0 Å². The van der Waals surface area contributed by atoms with Crippen molar-refractivity contribution in [2.75, 3.05) is 6.54 Å². The van der Waals surface area contributed by atoms with Crippen LogP contribution in [0.5, 0.6) is 0 Å². The highest BCUT2D eigenvalue weighted by Gasteiger charge is 2.30. The van der Waals surface area contributed by atoms with Crippen molar-refractivity contribution in [3.8, 4) is 0 Å². The molecule has 4 nitrogen and oxygen atoms in total. The minimum absolute atomic E-state index is 0.0364. The van der Waals surface area contributed by atoms with Gasteiger partial charge in [-0.3, -0.25) is 9.59 Å². The fourth-order valence-corrected chi connectivity index (χ4v) is 3.75. The minimum Gasteiger partial charge on any atom is -0.481 e. The molecule has 1 aliphatic rings. The van der Waals surface area contributed by atoms with E-state index in [0.717, 1.165) is 23.7 Å². The van der Waals surface area contributed by atoms with Crippen molar-refractivity contribution < 1.29 is 14.7 Å². The number of rotatable bonds is 3. The lowest BCUT2D eigenvalue weighted by molar-refractivity contribution is -0.138. The van der Waals surface area contributed by atoms with Crippen LogP contribution in [0, 0.1) is 0 Å². The number of carbonyl (C=O) groups excluding carboxylic acids is 1. The standard InChI is InChI=1S/C12H14BrNO3S/c13-9-4-6-18-11(9)12(17)14-5-2-1-3-8(14)7-10(15)16/h4,6,8H,1-3,5,7H2,(H,15,16). The van der Waals surface area contributed by atoms with E-state index < -0.39 is 5.97 Å². The van der Waals surface area contributed by atoms with Gasteiger partial charge in [-0.25, -0.2) is 0 Å². The van der Waals surface area contributed by atoms with Crippen molar-refractivity contribution in [1.82, 2.24) is 4.90 Å². The van der Waals surface area contributed by atoms with E-state index in [-0.39, 0.29) is 18.4 Å². The first kappa shape index (κ1) is 13.5. The molecule has 2 heterocycles. The van der Waals surface area contributed by atoms with Gasteiger partial charge in [0.2, 0.25) is 0 Å². The third-order valence-electron chi connectivity index (χ3n) is 3.11. The van der Waals surface area contributed by atoms with Crippen LogP contribution in [0.15, 0.2) is 15.9 Å². The topological polar surface area (TPSA) is 57.6 Å². The van der Waals surface area contributed by atoms with E-state index in [9.17, 15) is 9.59 Å². The summed E-state index contributed by atoms with van der Waals surface area (Å²) in [5, 5.41) is 10.8. The van der Waals surface area contributed by atoms with Gasteiger partial charge in [-0.05, 0) is 46.6 Å². The van der Waals surface area contributed by atoms with Crippen molar-refractivity contribution in [2.45, 2.75) is 31.7 Å². The fourth-order valence-electron chi connectivity index (χ4n) is 2.26. The van der Waals surface area contributed by atoms with E-state index >= 15 is 0 Å². The van der Waals surface area contributed by atoms with E-state index in [2.05, 4.69) is 15.9 Å². The molecule has 1 fully saturated rings. The van der Waals surface area contributed by atoms with Crippen LogP contribution >= 0.6 is 27.3 Å². The zero-order chi connectivity index (χ0) is 13.1. The molecule has 98 valence electrons. The molecule has 1 aromatic rings. The van der Waals surface area contributed by atoms with E-state index in [0.29, 0.717) is 11.4 Å². The summed E-state index contributed by atoms with van der Waals surface area (Å²) in [6.07, 6.45) is 2.76. The highest BCUT2D eigenvalue weighted by atomic mass is 79.9. The summed E-state index contributed by atoms with van der Waals surface area (Å²) in [4.78, 5) is 25.6. The second kappa shape index (κ2) is 5.84. The van der Waals surface area contributed by atoms with E-state index in [1.54, 1.807) is 4.90 Å². The maximum absolute atomic E-state index is 12.4. The van der Waals surface area contributed by atoms with Crippen molar-refractivity contribution >= 4 is 39.1 Å². The summed E-state index contributed by atoms with van der Waals surface area (Å²) in [6.45, 7) is 0.654. The molecule has 0 bridgehead atoms. The molecule has 0 saturated carbocycles. The van der Waals surface area contributed by atoms with Crippen molar-refractivity contribution in [3.05, 3.63) is 20.8 Å². The van der Waals surface area contributed by atoms with Crippen molar-refractivity contribution in [1.29, 1.82) is 0 Å². The van der Waals surface area contributed by atoms with Crippen LogP contribution in [0.2, 0.25) is 0 Å². The Labute approximate surface area is 118 Å². The molecule has 6 heteroatoms. The third kappa shape index (κ3) is 2.92. The molecule has 0 aromatic carbocycles. The molecule has 1 saturated heterocycles. The number of halogens is 1. The van der Waals surface area contributed by atoms with Gasteiger partial charge in [-0.15, -0.1) is 11.3 Å². The van der Waals surface area contributed by atoms with Gasteiger partial charge in [-0.1, -0.05) is 0 Å². The molecule has 2 rings (SSSR count). The summed E-state index contributed by atoms with van der Waals surface area (Å²) in [5.41, 5.74) is 0. The summed E-state index contributed by atoms with van der Waals surface area (Å²) < 4.78 is 0.789. The van der Waals surface area contributed by atoms with E-state index in [1.807, 2.05) is 11.4 Å². The largest absolute Gasteiger partial charge is 0.481 e. The highest BCUT2D eigenvalue weighted by molar-refractivity contribution is 9.10. The Balaban J connectivity index is 2.16. The molecule has 1 amide bonds. The van der Waals surface area contributed by atoms with Crippen LogP contribution in [0.4, 0.5) is 0 Å². The zero-order valence-electron chi connectivity index (χ0n) is 9.76. The molecule has 1 atom stereocenters. The van der Waals surface area contributed by atoms with Crippen LogP contribution in [0.1, 0.15) is 35.4 Å². The van der Waals surface area contributed by atoms with Crippen molar-refractivity contribution in [2.24, 2.45) is 0 Å². The van der Waals surface area contributed by atoms with Gasteiger partial charge >= 0.3 is 5.97 Å². The summed E-state index contributed by atoms with van der Waals surface area (Å²) >= 11 is 4.74. The Bertz CT molecular complexity index is 460. The third-order valence-corrected chi connectivity index (χ3v) is 4.94. The molecular formula is C12H14BrNO3S. The SMILES string of the molecule is O=C(O)CC1CCCCN1C(=O)c1sccc1Br. The van der Waals surface area contributed by atoms with Crippen LogP contribution in [0.3, 0.4) is 0 Å². The Morgan fingerprint density at radius 3 is 2.89 bits per heavy atom. The van der Waals surface area contributed by atoms with Gasteiger partial charge in [-0.2, -0.15) is 0 Å². The average molecular weight is 332 g/mol. The van der Waals surface area contributed by atoms with E-state index in [4.69, 9.17) is 5.11 Å². The molecule has 1 unspecified atom stereocenters. The monoisotopic (exact) mass is 331 g/mol. The van der Waals surface area contributed by atoms with Gasteiger partial charge in [0.05, 0.1) is 6.42 Å². The molecule has 18 heavy (non-hydrogen) atoms. The molecule has 0 spiro atoms. The number of amides is 1. The van der Waals surface area contributed by atoms with Crippen LogP contribution in [-0.4, -0.2) is 34.5 Å². The van der Waals surface area contributed by atoms with Crippen LogP contribution < -0.4 is 0 Å². The molecule has 0 aliphatic carbocycles. The van der Waals surface area contributed by atoms with Gasteiger partial charge in [0, 0.05) is 17.1 Å². The lowest BCUT2D eigenvalue weighted by atomic mass is 9.99. The summed E-state index contributed by atoms with van der Waals surface area (Å²) in [7, 11) is 0. The Morgan fingerprint density at radius 2 is 2.28 bits per heavy atom. The Kier molecular flexibility index (Phi) is 4.40. The number of aliphatic carboxylic acids is 1. The number of carboxylic acids is 1. The van der Waals surface area contributed by atoms with Gasteiger partial charge in [0.25, 0.3) is 5.91 Å². The smallest absolute Gasteiger partial charge is 0.305 e. The maximum atomic E-state index is 12.4. The minimum atomic E-state index is -0.843. The first-order valence-electron chi connectivity index (χ1n) is 5.85. The lowest BCUT2D eigenvalue weighted by Crippen LogP contribution is -2.44. The number of carboxylic acid groups (broad SMARTS) is 1. The predicted molar refractivity (Wildman–Crippen MR) is 72.9 cm³/mol. The number of piperidine rings is 1. The maximum Gasteiger partial charge on any atom is 0.305 e. The average Bonchev–Trinajstić information content (AvgIpc) is 2.74. The van der Waals surface area contributed by atoms with Gasteiger partial charge in [0.15, 0.2) is 0 Å². The zero-order valence-corrected chi connectivity index (χ0v) is 12.2. The molecule has 0 radical (unpaired) electrons. The Morgan fingerprint density at radius 1 is 1.50 bits per heavy atom. The lowest BCUT2D eigenvalue weighted by Gasteiger charge is -2.34. The number of thiophene rings is 1. The molecule has 1 N–H and O–H groups in total. The number of nitrogens with zero attached hydrogens (tertiary/aromatic N) is 1. The molecular weight excluding hydrogens is 318 g/mol. The second-order valence-corrected chi connectivity index (χ2v) is 6.11. The second-order valence-electron chi connectivity index (χ2n) is 4.34. The molecule has 1 aromatic heterocycles. The normalized spacial score (nSPS) is 19.8. The first-order valence-corrected chi connectivity index (χ1v) is 7.52. The first-order chi connectivity index (χ1) is 8.59. The number of carbonyl (C=O) groups is 2. The van der Waals surface area contributed by atoms with Crippen molar-refractivity contribution in [3.63, 3.8) is 0 Å². The molecule has 1 aliphatic heterocycles. The highest BCUT2D eigenvalue weighted by Crippen LogP contribution is 2.28. The van der Waals surface area contributed by atoms with Crippen LogP contribution in [-0.2, 0) is 4.79 Å². The summed E-state index contributed by atoms with van der Waals surface area (Å²) in [5.74, 6) is -0.896.